The van der Waals surface area contributed by atoms with Crippen molar-refractivity contribution in [2.24, 2.45) is 0 Å². The van der Waals surface area contributed by atoms with Crippen LogP contribution in [0.2, 0.25) is 0 Å². The molecule has 0 bridgehead atoms. The fourth-order valence-corrected chi connectivity index (χ4v) is 1.42. The molecule has 1 heterocycles. The summed E-state index contributed by atoms with van der Waals surface area (Å²) in [5, 5.41) is 8.62. The summed E-state index contributed by atoms with van der Waals surface area (Å²) in [6.07, 6.45) is 3.33. The van der Waals surface area contributed by atoms with Crippen molar-refractivity contribution in [1.29, 1.82) is 0 Å². The lowest BCUT2D eigenvalue weighted by Crippen LogP contribution is -2.20. The van der Waals surface area contributed by atoms with Gasteiger partial charge in [0, 0.05) is 6.61 Å². The molecule has 1 N–H and O–H groups in total. The number of rotatable bonds is 2. The molecular formula is C8H16O2. The van der Waals surface area contributed by atoms with Crippen molar-refractivity contribution in [3.63, 3.8) is 0 Å². The molecule has 2 heteroatoms. The van der Waals surface area contributed by atoms with Crippen molar-refractivity contribution in [2.75, 3.05) is 6.61 Å². The van der Waals surface area contributed by atoms with Crippen LogP contribution in [0.5, 0.6) is 0 Å². The molecule has 10 heavy (non-hydrogen) atoms. The van der Waals surface area contributed by atoms with Gasteiger partial charge in [0.05, 0.1) is 11.7 Å². The maximum absolute atomic E-state index is 8.62. The molecule has 0 amide bonds. The summed E-state index contributed by atoms with van der Waals surface area (Å²) in [6.45, 7) is 4.45. The fourth-order valence-electron chi connectivity index (χ4n) is 1.42. The molecule has 1 saturated heterocycles. The molecule has 0 spiro atoms. The zero-order chi connectivity index (χ0) is 7.61. The molecule has 1 fully saturated rings. The number of hydrogen-bond acceptors (Lipinski definition) is 2. The van der Waals surface area contributed by atoms with Gasteiger partial charge in [0.15, 0.2) is 0 Å². The van der Waals surface area contributed by atoms with Gasteiger partial charge >= 0.3 is 0 Å². The Morgan fingerprint density at radius 3 is 2.70 bits per heavy atom. The van der Waals surface area contributed by atoms with E-state index in [1.54, 1.807) is 0 Å². The Morgan fingerprint density at radius 1 is 1.60 bits per heavy atom. The molecule has 0 radical (unpaired) electrons. The highest BCUT2D eigenvalue weighted by Crippen LogP contribution is 2.30. The van der Waals surface area contributed by atoms with E-state index in [-0.39, 0.29) is 12.2 Å². The largest absolute Gasteiger partial charge is 0.396 e. The van der Waals surface area contributed by atoms with E-state index >= 15 is 0 Å². The molecule has 0 aromatic rings. The van der Waals surface area contributed by atoms with Gasteiger partial charge in [0.25, 0.3) is 0 Å². The fraction of sp³-hybridized carbons (Fsp3) is 1.00. The van der Waals surface area contributed by atoms with Crippen LogP contribution in [-0.2, 0) is 4.74 Å². The summed E-state index contributed by atoms with van der Waals surface area (Å²) in [4.78, 5) is 0. The second-order valence-electron chi connectivity index (χ2n) is 3.55. The molecule has 0 aliphatic carbocycles. The van der Waals surface area contributed by atoms with Crippen molar-refractivity contribution in [2.45, 2.75) is 44.8 Å². The number of aliphatic hydroxyl groups excluding tert-OH is 1. The van der Waals surface area contributed by atoms with E-state index in [9.17, 15) is 0 Å². The zero-order valence-corrected chi connectivity index (χ0v) is 6.76. The average molecular weight is 144 g/mol. The first-order valence-electron chi connectivity index (χ1n) is 3.93. The summed E-state index contributed by atoms with van der Waals surface area (Å²) in [5.41, 5.74) is 0.0554. The maximum Gasteiger partial charge on any atom is 0.0631 e. The quantitative estimate of drug-likeness (QED) is 0.633. The monoisotopic (exact) mass is 144 g/mol. The Kier molecular flexibility index (Phi) is 2.32. The first-order valence-corrected chi connectivity index (χ1v) is 3.93. The lowest BCUT2D eigenvalue weighted by molar-refractivity contribution is -0.0236. The molecule has 2 nitrogen and oxygen atoms in total. The highest BCUT2D eigenvalue weighted by molar-refractivity contribution is 4.80. The first-order chi connectivity index (χ1) is 4.64. The van der Waals surface area contributed by atoms with Gasteiger partial charge in [-0.1, -0.05) is 0 Å². The lowest BCUT2D eigenvalue weighted by Gasteiger charge is -2.18. The van der Waals surface area contributed by atoms with Crippen LogP contribution in [-0.4, -0.2) is 23.4 Å². The average Bonchev–Trinajstić information content (AvgIpc) is 2.12. The maximum atomic E-state index is 8.62. The Hall–Kier alpha value is -0.0800. The van der Waals surface area contributed by atoms with Gasteiger partial charge in [0.1, 0.15) is 0 Å². The number of aliphatic hydroxyl groups is 1. The van der Waals surface area contributed by atoms with Crippen molar-refractivity contribution >= 4 is 0 Å². The van der Waals surface area contributed by atoms with Gasteiger partial charge in [-0.15, -0.1) is 0 Å². The standard InChI is InChI=1S/C8H16O2/c1-8(2)5-3-7(10-8)4-6-9/h7,9H,3-6H2,1-2H3/t7-/m1/s1. The predicted octanol–water partition coefficient (Wildman–Crippen LogP) is 1.33. The van der Waals surface area contributed by atoms with Crippen LogP contribution >= 0.6 is 0 Å². The van der Waals surface area contributed by atoms with E-state index < -0.39 is 0 Å². The molecule has 1 aliphatic heterocycles. The van der Waals surface area contributed by atoms with Gasteiger partial charge in [-0.3, -0.25) is 0 Å². The smallest absolute Gasteiger partial charge is 0.0631 e. The third-order valence-corrected chi connectivity index (χ3v) is 2.01. The normalized spacial score (nSPS) is 30.9. The van der Waals surface area contributed by atoms with Gasteiger partial charge < -0.3 is 9.84 Å². The molecule has 1 rings (SSSR count). The summed E-state index contributed by atoms with van der Waals surface area (Å²) in [6, 6.07) is 0. The van der Waals surface area contributed by atoms with Crippen LogP contribution in [0.4, 0.5) is 0 Å². The molecule has 0 unspecified atom stereocenters. The minimum atomic E-state index is 0.0554. The second-order valence-corrected chi connectivity index (χ2v) is 3.55. The van der Waals surface area contributed by atoms with E-state index in [1.165, 1.54) is 0 Å². The highest BCUT2D eigenvalue weighted by Gasteiger charge is 2.30. The molecule has 1 atom stereocenters. The van der Waals surface area contributed by atoms with Crippen molar-refractivity contribution in [3.8, 4) is 0 Å². The molecule has 0 aromatic carbocycles. The Labute approximate surface area is 62.2 Å². The first kappa shape index (κ1) is 8.02. The van der Waals surface area contributed by atoms with Crippen LogP contribution in [0.25, 0.3) is 0 Å². The van der Waals surface area contributed by atoms with Crippen LogP contribution in [0, 0.1) is 0 Å². The Morgan fingerprint density at radius 2 is 2.30 bits per heavy atom. The van der Waals surface area contributed by atoms with Gasteiger partial charge in [-0.05, 0) is 33.1 Å². The summed E-state index contributed by atoms with van der Waals surface area (Å²) < 4.78 is 5.63. The van der Waals surface area contributed by atoms with Gasteiger partial charge in [-0.2, -0.15) is 0 Å². The molecule has 60 valence electrons. The predicted molar refractivity (Wildman–Crippen MR) is 39.9 cm³/mol. The van der Waals surface area contributed by atoms with Gasteiger partial charge in [0.2, 0.25) is 0 Å². The number of ether oxygens (including phenoxy) is 1. The summed E-state index contributed by atoms with van der Waals surface area (Å²) in [7, 11) is 0. The van der Waals surface area contributed by atoms with Crippen LogP contribution in [0.3, 0.4) is 0 Å². The van der Waals surface area contributed by atoms with Crippen LogP contribution in [0.1, 0.15) is 33.1 Å². The second kappa shape index (κ2) is 2.89. The molecular weight excluding hydrogens is 128 g/mol. The van der Waals surface area contributed by atoms with E-state index in [4.69, 9.17) is 9.84 Å². The Bertz CT molecular complexity index is 110. The van der Waals surface area contributed by atoms with E-state index in [2.05, 4.69) is 13.8 Å². The minimum Gasteiger partial charge on any atom is -0.396 e. The van der Waals surface area contributed by atoms with Crippen molar-refractivity contribution in [3.05, 3.63) is 0 Å². The third-order valence-electron chi connectivity index (χ3n) is 2.01. The lowest BCUT2D eigenvalue weighted by atomic mass is 10.1. The zero-order valence-electron chi connectivity index (χ0n) is 6.76. The van der Waals surface area contributed by atoms with Crippen LogP contribution in [0.15, 0.2) is 0 Å². The van der Waals surface area contributed by atoms with Gasteiger partial charge in [-0.25, -0.2) is 0 Å². The molecule has 0 aromatic heterocycles. The van der Waals surface area contributed by atoms with E-state index in [0.717, 1.165) is 19.3 Å². The number of hydrogen-bond donors (Lipinski definition) is 1. The minimum absolute atomic E-state index is 0.0554. The Balaban J connectivity index is 2.29. The highest BCUT2D eigenvalue weighted by atomic mass is 16.5. The third kappa shape index (κ3) is 1.96. The summed E-state index contributed by atoms with van der Waals surface area (Å²) in [5.74, 6) is 0. The van der Waals surface area contributed by atoms with Crippen molar-refractivity contribution in [1.82, 2.24) is 0 Å². The van der Waals surface area contributed by atoms with E-state index in [0.29, 0.717) is 6.10 Å². The molecule has 1 aliphatic rings. The summed E-state index contributed by atoms with van der Waals surface area (Å²) >= 11 is 0. The van der Waals surface area contributed by atoms with Crippen LogP contribution < -0.4 is 0 Å². The molecule has 0 saturated carbocycles. The topological polar surface area (TPSA) is 29.5 Å². The van der Waals surface area contributed by atoms with Crippen molar-refractivity contribution < 1.29 is 9.84 Å². The van der Waals surface area contributed by atoms with E-state index in [1.807, 2.05) is 0 Å². The SMILES string of the molecule is CC1(C)CC[C@H](CCO)O1.